The minimum Gasteiger partial charge on any atom is -0.495 e. The zero-order chi connectivity index (χ0) is 16.7. The summed E-state index contributed by atoms with van der Waals surface area (Å²) >= 11 is 6.51. The maximum atomic E-state index is 6.51. The molecule has 0 spiro atoms. The van der Waals surface area contributed by atoms with Gasteiger partial charge in [0, 0.05) is 31.1 Å². The van der Waals surface area contributed by atoms with Gasteiger partial charge in [-0.2, -0.15) is 0 Å². The van der Waals surface area contributed by atoms with Gasteiger partial charge in [0.15, 0.2) is 0 Å². The van der Waals surface area contributed by atoms with E-state index in [0.717, 1.165) is 30.9 Å². The first-order valence-electron chi connectivity index (χ1n) is 8.36. The fraction of sp³-hybridized carbons (Fsp3) is 0.400. The van der Waals surface area contributed by atoms with Gasteiger partial charge in [0.05, 0.1) is 24.3 Å². The van der Waals surface area contributed by atoms with Gasteiger partial charge in [-0.15, -0.1) is 0 Å². The maximum Gasteiger partial charge on any atom is 0.137 e. The summed E-state index contributed by atoms with van der Waals surface area (Å²) in [4.78, 5) is 2.48. The number of fused-ring (bicyclic) bond motifs is 3. The fourth-order valence-electron chi connectivity index (χ4n) is 4.09. The molecule has 2 aliphatic rings. The first-order valence-corrected chi connectivity index (χ1v) is 8.74. The van der Waals surface area contributed by atoms with Crippen molar-refractivity contribution < 1.29 is 9.47 Å². The summed E-state index contributed by atoms with van der Waals surface area (Å²) in [6.45, 7) is 5.66. The van der Waals surface area contributed by atoms with Crippen molar-refractivity contribution in [1.82, 2.24) is 4.90 Å². The number of halogens is 1. The zero-order valence-electron chi connectivity index (χ0n) is 14.1. The molecule has 0 bridgehead atoms. The van der Waals surface area contributed by atoms with Gasteiger partial charge in [0.2, 0.25) is 0 Å². The number of rotatable bonds is 3. The smallest absolute Gasteiger partial charge is 0.137 e. The number of ether oxygens (including phenoxy) is 2. The highest BCUT2D eigenvalue weighted by molar-refractivity contribution is 6.33. The average molecular weight is 344 g/mol. The topological polar surface area (TPSA) is 21.7 Å². The van der Waals surface area contributed by atoms with Gasteiger partial charge < -0.3 is 9.47 Å². The molecule has 2 aromatic rings. The van der Waals surface area contributed by atoms with Crippen LogP contribution in [0.25, 0.3) is 0 Å². The summed E-state index contributed by atoms with van der Waals surface area (Å²) in [6.07, 6.45) is 0. The second-order valence-corrected chi connectivity index (χ2v) is 7.34. The highest BCUT2D eigenvalue weighted by Crippen LogP contribution is 2.47. The molecule has 4 heteroatoms. The van der Waals surface area contributed by atoms with Crippen molar-refractivity contribution in [2.24, 2.45) is 0 Å². The van der Waals surface area contributed by atoms with Crippen molar-refractivity contribution in [3.8, 4) is 5.75 Å². The van der Waals surface area contributed by atoms with Crippen molar-refractivity contribution in [3.63, 3.8) is 0 Å². The van der Waals surface area contributed by atoms with Crippen molar-refractivity contribution in [2.75, 3.05) is 20.2 Å². The van der Waals surface area contributed by atoms with E-state index >= 15 is 0 Å². The zero-order valence-corrected chi connectivity index (χ0v) is 14.8. The molecule has 24 heavy (non-hydrogen) atoms. The minimum absolute atomic E-state index is 0.153. The van der Waals surface area contributed by atoms with Crippen LogP contribution in [0, 0.1) is 0 Å². The fourth-order valence-corrected chi connectivity index (χ4v) is 4.39. The number of methoxy groups -OCH3 is 1. The molecule has 2 aromatic carbocycles. The van der Waals surface area contributed by atoms with Crippen LogP contribution in [0.3, 0.4) is 0 Å². The third kappa shape index (κ3) is 2.61. The Morgan fingerprint density at radius 2 is 2.04 bits per heavy atom. The summed E-state index contributed by atoms with van der Waals surface area (Å²) in [6, 6.07) is 14.8. The maximum absolute atomic E-state index is 6.51. The number of likely N-dealkylation sites (tertiary alicyclic amines) is 1. The van der Waals surface area contributed by atoms with Crippen LogP contribution < -0.4 is 4.74 Å². The molecule has 1 saturated heterocycles. The first-order chi connectivity index (χ1) is 11.6. The van der Waals surface area contributed by atoms with Gasteiger partial charge in [-0.05, 0) is 24.1 Å². The number of hydrogen-bond donors (Lipinski definition) is 0. The number of nitrogens with zero attached hydrogens (tertiary/aromatic N) is 1. The summed E-state index contributed by atoms with van der Waals surface area (Å²) in [5.74, 6) is 1.06. The van der Waals surface area contributed by atoms with Gasteiger partial charge in [-0.25, -0.2) is 0 Å². The lowest BCUT2D eigenvalue weighted by Gasteiger charge is -2.37. The SMILES string of the molecule is COc1ccc2c(c1Cl)CO[C@]1(C)CN(Cc3ccccc3)C[C@H]21. The predicted octanol–water partition coefficient (Wildman–Crippen LogP) is 4.24. The molecular formula is C20H22ClNO2. The van der Waals surface area contributed by atoms with E-state index in [2.05, 4.69) is 48.2 Å². The van der Waals surface area contributed by atoms with Crippen LogP contribution >= 0.6 is 11.6 Å². The van der Waals surface area contributed by atoms with E-state index in [1.54, 1.807) is 7.11 Å². The van der Waals surface area contributed by atoms with E-state index in [9.17, 15) is 0 Å². The Bertz CT molecular complexity index is 749. The lowest BCUT2D eigenvalue weighted by atomic mass is 9.81. The van der Waals surface area contributed by atoms with Crippen LogP contribution in [-0.4, -0.2) is 30.7 Å². The lowest BCUT2D eigenvalue weighted by molar-refractivity contribution is -0.0568. The van der Waals surface area contributed by atoms with Gasteiger partial charge in [-0.3, -0.25) is 4.90 Å². The van der Waals surface area contributed by atoms with Crippen molar-refractivity contribution in [2.45, 2.75) is 31.6 Å². The highest BCUT2D eigenvalue weighted by atomic mass is 35.5. The third-order valence-corrected chi connectivity index (χ3v) is 5.76. The van der Waals surface area contributed by atoms with E-state index in [1.807, 2.05) is 6.07 Å². The van der Waals surface area contributed by atoms with Crippen LogP contribution in [0.2, 0.25) is 5.02 Å². The van der Waals surface area contributed by atoms with Crippen LogP contribution in [0.1, 0.15) is 29.5 Å². The molecule has 2 aliphatic heterocycles. The Hall–Kier alpha value is -1.55. The molecule has 126 valence electrons. The van der Waals surface area contributed by atoms with Crippen molar-refractivity contribution in [3.05, 3.63) is 64.2 Å². The van der Waals surface area contributed by atoms with Gasteiger partial charge in [0.1, 0.15) is 5.75 Å². The van der Waals surface area contributed by atoms with Crippen molar-refractivity contribution >= 4 is 11.6 Å². The van der Waals surface area contributed by atoms with Crippen LogP contribution in [0.15, 0.2) is 42.5 Å². The highest BCUT2D eigenvalue weighted by Gasteiger charge is 2.48. The molecule has 4 rings (SSSR count). The second-order valence-electron chi connectivity index (χ2n) is 6.96. The van der Waals surface area contributed by atoms with Gasteiger partial charge in [-0.1, -0.05) is 48.0 Å². The van der Waals surface area contributed by atoms with Crippen LogP contribution in [-0.2, 0) is 17.9 Å². The van der Waals surface area contributed by atoms with E-state index in [-0.39, 0.29) is 5.60 Å². The Labute approximate surface area is 148 Å². The van der Waals surface area contributed by atoms with Crippen LogP contribution in [0.4, 0.5) is 0 Å². The monoisotopic (exact) mass is 343 g/mol. The summed E-state index contributed by atoms with van der Waals surface area (Å²) in [7, 11) is 1.65. The molecule has 2 atom stereocenters. The third-order valence-electron chi connectivity index (χ3n) is 5.35. The lowest BCUT2D eigenvalue weighted by Crippen LogP contribution is -2.40. The average Bonchev–Trinajstić information content (AvgIpc) is 2.92. The minimum atomic E-state index is -0.153. The molecular weight excluding hydrogens is 322 g/mol. The first kappa shape index (κ1) is 15.9. The summed E-state index contributed by atoms with van der Waals surface area (Å²) < 4.78 is 11.6. The molecule has 0 aromatic heterocycles. The standard InChI is InChI=1S/C20H22ClNO2/c1-20-13-22(10-14-6-4-3-5-7-14)11-17(20)15-8-9-18(23-2)19(21)16(15)12-24-20/h3-9,17H,10-13H2,1-2H3/t17-,20-/m1/s1. The Morgan fingerprint density at radius 1 is 1.25 bits per heavy atom. The Morgan fingerprint density at radius 3 is 2.79 bits per heavy atom. The molecule has 0 amide bonds. The van der Waals surface area contributed by atoms with E-state index in [1.165, 1.54) is 11.1 Å². The van der Waals surface area contributed by atoms with Crippen LogP contribution in [0.5, 0.6) is 5.75 Å². The van der Waals surface area contributed by atoms with E-state index in [0.29, 0.717) is 17.5 Å². The summed E-state index contributed by atoms with van der Waals surface area (Å²) in [5.41, 5.74) is 3.58. The Kier molecular flexibility index (Phi) is 4.03. The molecule has 0 N–H and O–H groups in total. The normalized spacial score (nSPS) is 26.0. The van der Waals surface area contributed by atoms with E-state index < -0.39 is 0 Å². The molecule has 0 radical (unpaired) electrons. The molecule has 0 aliphatic carbocycles. The quantitative estimate of drug-likeness (QED) is 0.832. The molecule has 0 unspecified atom stereocenters. The van der Waals surface area contributed by atoms with Gasteiger partial charge in [0.25, 0.3) is 0 Å². The van der Waals surface area contributed by atoms with E-state index in [4.69, 9.17) is 21.1 Å². The molecule has 1 fully saturated rings. The summed E-state index contributed by atoms with van der Waals surface area (Å²) in [5, 5.41) is 0.693. The molecule has 0 saturated carbocycles. The molecule has 2 heterocycles. The number of hydrogen-bond acceptors (Lipinski definition) is 3. The number of benzene rings is 2. The Balaban J connectivity index is 1.62. The van der Waals surface area contributed by atoms with Crippen molar-refractivity contribution in [1.29, 1.82) is 0 Å². The largest absolute Gasteiger partial charge is 0.495 e. The second kappa shape index (κ2) is 6.07. The predicted molar refractivity (Wildman–Crippen MR) is 95.7 cm³/mol. The van der Waals surface area contributed by atoms with Gasteiger partial charge >= 0.3 is 0 Å². The molecule has 3 nitrogen and oxygen atoms in total.